The zero-order valence-corrected chi connectivity index (χ0v) is 11.1. The van der Waals surface area contributed by atoms with Crippen molar-refractivity contribution in [3.8, 4) is 0 Å². The first-order chi connectivity index (χ1) is 9.06. The van der Waals surface area contributed by atoms with E-state index in [1.54, 1.807) is 6.07 Å². The maximum atomic E-state index is 12.7. The highest BCUT2D eigenvalue weighted by Crippen LogP contribution is 2.47. The van der Waals surface area contributed by atoms with E-state index in [-0.39, 0.29) is 5.78 Å². The lowest BCUT2D eigenvalue weighted by molar-refractivity contribution is 0.0682. The fourth-order valence-corrected chi connectivity index (χ4v) is 3.08. The van der Waals surface area contributed by atoms with Gasteiger partial charge in [0.1, 0.15) is 0 Å². The number of carbonyl (C=O) groups excluding carboxylic acids is 1. The Balaban J connectivity index is 2.23. The third-order valence-electron chi connectivity index (χ3n) is 4.22. The first-order valence-corrected chi connectivity index (χ1v) is 6.44. The van der Waals surface area contributed by atoms with Crippen LogP contribution in [0.5, 0.6) is 0 Å². The van der Waals surface area contributed by atoms with Gasteiger partial charge in [-0.25, -0.2) is 0 Å². The van der Waals surface area contributed by atoms with Gasteiger partial charge in [-0.3, -0.25) is 4.79 Å². The molecule has 3 rings (SSSR count). The molecule has 2 unspecified atom stereocenters. The molecule has 1 aliphatic rings. The number of aliphatic hydroxyl groups is 1. The Bertz CT molecular complexity index is 660. The highest BCUT2D eigenvalue weighted by atomic mass is 16.3. The molecule has 0 spiro atoms. The molecule has 0 aliphatic heterocycles. The molecular weight excluding hydrogens is 236 g/mol. The van der Waals surface area contributed by atoms with Crippen molar-refractivity contribution in [2.45, 2.75) is 25.4 Å². The second-order valence-electron chi connectivity index (χ2n) is 5.34. The van der Waals surface area contributed by atoms with Crippen LogP contribution in [0.3, 0.4) is 0 Å². The zero-order valence-electron chi connectivity index (χ0n) is 11.1. The van der Waals surface area contributed by atoms with Gasteiger partial charge >= 0.3 is 0 Å². The summed E-state index contributed by atoms with van der Waals surface area (Å²) in [6, 6.07) is 15.1. The smallest absolute Gasteiger partial charge is 0.176 e. The van der Waals surface area contributed by atoms with Crippen LogP contribution in [-0.2, 0) is 5.41 Å². The summed E-state index contributed by atoms with van der Waals surface area (Å²) >= 11 is 0. The molecular formula is C17H16O2. The van der Waals surface area contributed by atoms with E-state index in [0.717, 1.165) is 16.7 Å². The van der Waals surface area contributed by atoms with E-state index in [1.807, 2.05) is 56.3 Å². The Morgan fingerprint density at radius 3 is 2.37 bits per heavy atom. The first kappa shape index (κ1) is 12.1. The van der Waals surface area contributed by atoms with Gasteiger partial charge in [0.25, 0.3) is 0 Å². The van der Waals surface area contributed by atoms with Gasteiger partial charge in [0, 0.05) is 5.56 Å². The molecule has 96 valence electrons. The number of carbonyl (C=O) groups is 1. The molecule has 2 atom stereocenters. The van der Waals surface area contributed by atoms with E-state index < -0.39 is 11.5 Å². The van der Waals surface area contributed by atoms with E-state index in [2.05, 4.69) is 0 Å². The lowest BCUT2D eigenvalue weighted by Gasteiger charge is -2.28. The van der Waals surface area contributed by atoms with Crippen molar-refractivity contribution in [1.29, 1.82) is 0 Å². The van der Waals surface area contributed by atoms with Gasteiger partial charge < -0.3 is 5.11 Å². The van der Waals surface area contributed by atoms with Crippen LogP contribution in [0.15, 0.2) is 48.5 Å². The highest BCUT2D eigenvalue weighted by Gasteiger charge is 2.50. The summed E-state index contributed by atoms with van der Waals surface area (Å²) in [6.07, 6.45) is -0.780. The molecule has 0 saturated carbocycles. The fourth-order valence-electron chi connectivity index (χ4n) is 3.08. The van der Waals surface area contributed by atoms with Gasteiger partial charge in [0.05, 0.1) is 11.5 Å². The quantitative estimate of drug-likeness (QED) is 0.846. The molecule has 0 bridgehead atoms. The Morgan fingerprint density at radius 1 is 1.05 bits per heavy atom. The molecule has 2 aromatic carbocycles. The Hall–Kier alpha value is -1.93. The lowest BCUT2D eigenvalue weighted by Crippen LogP contribution is -2.33. The summed E-state index contributed by atoms with van der Waals surface area (Å²) in [6.45, 7) is 3.81. The van der Waals surface area contributed by atoms with Crippen LogP contribution in [0.25, 0.3) is 0 Å². The monoisotopic (exact) mass is 252 g/mol. The van der Waals surface area contributed by atoms with Crippen molar-refractivity contribution in [3.05, 3.63) is 70.8 Å². The van der Waals surface area contributed by atoms with Crippen LogP contribution >= 0.6 is 0 Å². The third-order valence-corrected chi connectivity index (χ3v) is 4.22. The molecule has 1 aliphatic carbocycles. The molecule has 0 fully saturated rings. The molecule has 2 heteroatoms. The number of hydrogen-bond donors (Lipinski definition) is 1. The van der Waals surface area contributed by atoms with Gasteiger partial charge in [0.2, 0.25) is 0 Å². The first-order valence-electron chi connectivity index (χ1n) is 6.44. The summed E-state index contributed by atoms with van der Waals surface area (Å²) < 4.78 is 0. The third kappa shape index (κ3) is 1.50. The van der Waals surface area contributed by atoms with Crippen LogP contribution in [0.1, 0.15) is 40.1 Å². The standard InChI is InChI=1S/C17H16O2/c1-11-7-3-6-10-14(11)17(2)15(18)12-8-4-5-9-13(12)16(17)19/h3-10,15,18H,1-2H3. The van der Waals surface area contributed by atoms with E-state index in [4.69, 9.17) is 0 Å². The number of aryl methyl sites for hydroxylation is 1. The molecule has 19 heavy (non-hydrogen) atoms. The van der Waals surface area contributed by atoms with Crippen molar-refractivity contribution < 1.29 is 9.90 Å². The molecule has 0 heterocycles. The topological polar surface area (TPSA) is 37.3 Å². The second kappa shape index (κ2) is 4.04. The minimum atomic E-state index is -0.880. The number of benzene rings is 2. The van der Waals surface area contributed by atoms with Crippen LogP contribution in [0.2, 0.25) is 0 Å². The van der Waals surface area contributed by atoms with E-state index in [1.165, 1.54) is 0 Å². The van der Waals surface area contributed by atoms with E-state index in [0.29, 0.717) is 5.56 Å². The van der Waals surface area contributed by atoms with Crippen LogP contribution in [0.4, 0.5) is 0 Å². The summed E-state index contributed by atoms with van der Waals surface area (Å²) in [5, 5.41) is 10.6. The molecule has 0 aromatic heterocycles. The van der Waals surface area contributed by atoms with Crippen molar-refractivity contribution in [2.24, 2.45) is 0 Å². The maximum absolute atomic E-state index is 12.7. The predicted molar refractivity (Wildman–Crippen MR) is 74.3 cm³/mol. The van der Waals surface area contributed by atoms with Gasteiger partial charge in [-0.1, -0.05) is 48.5 Å². The number of hydrogen-bond acceptors (Lipinski definition) is 2. The molecule has 2 aromatic rings. The average Bonchev–Trinajstić information content (AvgIpc) is 2.63. The van der Waals surface area contributed by atoms with Crippen LogP contribution < -0.4 is 0 Å². The second-order valence-corrected chi connectivity index (χ2v) is 5.34. The molecule has 0 amide bonds. The number of rotatable bonds is 1. The summed E-state index contributed by atoms with van der Waals surface area (Å²) in [4.78, 5) is 12.7. The molecule has 1 N–H and O–H groups in total. The van der Waals surface area contributed by atoms with Gasteiger partial charge in [-0.15, -0.1) is 0 Å². The minimum absolute atomic E-state index is 0.00454. The Labute approximate surface area is 112 Å². The highest BCUT2D eigenvalue weighted by molar-refractivity contribution is 6.09. The van der Waals surface area contributed by atoms with Crippen LogP contribution in [-0.4, -0.2) is 10.9 Å². The maximum Gasteiger partial charge on any atom is 0.176 e. The Kier molecular flexibility index (Phi) is 2.58. The lowest BCUT2D eigenvalue weighted by atomic mass is 9.75. The molecule has 0 saturated heterocycles. The van der Waals surface area contributed by atoms with Crippen molar-refractivity contribution in [3.63, 3.8) is 0 Å². The molecule has 0 radical (unpaired) electrons. The number of fused-ring (bicyclic) bond motifs is 1. The largest absolute Gasteiger partial charge is 0.387 e. The van der Waals surface area contributed by atoms with E-state index in [9.17, 15) is 9.90 Å². The van der Waals surface area contributed by atoms with Gasteiger partial charge in [0.15, 0.2) is 5.78 Å². The van der Waals surface area contributed by atoms with Crippen molar-refractivity contribution in [2.75, 3.05) is 0 Å². The average molecular weight is 252 g/mol. The minimum Gasteiger partial charge on any atom is -0.387 e. The predicted octanol–water partition coefficient (Wildman–Crippen LogP) is 3.18. The number of ketones is 1. The summed E-state index contributed by atoms with van der Waals surface area (Å²) in [7, 11) is 0. The SMILES string of the molecule is Cc1ccccc1C1(C)C(=O)c2ccccc2C1O. The summed E-state index contributed by atoms with van der Waals surface area (Å²) in [5.41, 5.74) is 2.43. The number of Topliss-reactive ketones (excluding diaryl/α,β-unsaturated/α-hetero) is 1. The normalized spacial score (nSPS) is 25.4. The summed E-state index contributed by atoms with van der Waals surface area (Å²) in [5.74, 6) is 0.00454. The van der Waals surface area contributed by atoms with Crippen molar-refractivity contribution in [1.82, 2.24) is 0 Å². The fraction of sp³-hybridized carbons (Fsp3) is 0.235. The zero-order chi connectivity index (χ0) is 13.6. The van der Waals surface area contributed by atoms with E-state index >= 15 is 0 Å². The van der Waals surface area contributed by atoms with Gasteiger partial charge in [-0.05, 0) is 30.5 Å². The van der Waals surface area contributed by atoms with Crippen molar-refractivity contribution >= 4 is 5.78 Å². The Morgan fingerprint density at radius 2 is 1.68 bits per heavy atom. The number of aliphatic hydroxyl groups excluding tert-OH is 1. The van der Waals surface area contributed by atoms with Crippen LogP contribution in [0, 0.1) is 6.92 Å². The molecule has 2 nitrogen and oxygen atoms in total. The van der Waals surface area contributed by atoms with Gasteiger partial charge in [-0.2, -0.15) is 0 Å².